The topological polar surface area (TPSA) is 84.9 Å². The molecule has 0 aromatic carbocycles. The zero-order valence-corrected chi connectivity index (χ0v) is 18.6. The van der Waals surface area contributed by atoms with Crippen molar-refractivity contribution in [3.63, 3.8) is 0 Å². The fraction of sp³-hybridized carbons (Fsp3) is 0.667. The molecule has 2 aromatic rings. The summed E-state index contributed by atoms with van der Waals surface area (Å²) in [6.07, 6.45) is 8.59. The highest BCUT2D eigenvalue weighted by molar-refractivity contribution is 14.0. The molecular weight excluding hydrogens is 455 g/mol. The maximum absolute atomic E-state index is 4.63. The molecule has 0 amide bonds. The van der Waals surface area contributed by atoms with Gasteiger partial charge < -0.3 is 15.2 Å². The van der Waals surface area contributed by atoms with E-state index >= 15 is 0 Å². The Morgan fingerprint density at radius 3 is 2.89 bits per heavy atom. The summed E-state index contributed by atoms with van der Waals surface area (Å²) in [5, 5.41) is 19.7. The SMILES string of the molecule is CCNC(=NCc1ccnn1C)NCCCc1nnc2n1CCCCC2.I. The minimum atomic E-state index is 0. The third-order valence-electron chi connectivity index (χ3n) is 4.72. The van der Waals surface area contributed by atoms with Crippen LogP contribution in [0.5, 0.6) is 0 Å². The molecule has 2 N–H and O–H groups in total. The minimum absolute atomic E-state index is 0. The average molecular weight is 486 g/mol. The Kier molecular flexibility index (Phi) is 9.02. The van der Waals surface area contributed by atoms with Crippen LogP contribution >= 0.6 is 24.0 Å². The molecule has 1 aliphatic rings. The van der Waals surface area contributed by atoms with E-state index in [4.69, 9.17) is 0 Å². The van der Waals surface area contributed by atoms with Crippen molar-refractivity contribution in [3.05, 3.63) is 29.6 Å². The lowest BCUT2D eigenvalue weighted by molar-refractivity contribution is 0.593. The maximum Gasteiger partial charge on any atom is 0.191 e. The molecule has 8 nitrogen and oxygen atoms in total. The molecule has 150 valence electrons. The number of nitrogens with one attached hydrogen (secondary N) is 2. The lowest BCUT2D eigenvalue weighted by Crippen LogP contribution is -2.38. The average Bonchev–Trinajstić information content (AvgIpc) is 3.14. The molecule has 9 heteroatoms. The number of aryl methyl sites for hydroxylation is 3. The molecule has 0 radical (unpaired) electrons. The van der Waals surface area contributed by atoms with Gasteiger partial charge in [-0.3, -0.25) is 4.68 Å². The minimum Gasteiger partial charge on any atom is -0.357 e. The van der Waals surface area contributed by atoms with Gasteiger partial charge in [-0.15, -0.1) is 34.2 Å². The first kappa shape index (κ1) is 21.6. The van der Waals surface area contributed by atoms with Crippen molar-refractivity contribution in [3.8, 4) is 0 Å². The summed E-state index contributed by atoms with van der Waals surface area (Å²) in [6, 6.07) is 1.99. The smallest absolute Gasteiger partial charge is 0.191 e. The van der Waals surface area contributed by atoms with Crippen molar-refractivity contribution in [2.24, 2.45) is 12.0 Å². The molecule has 0 saturated carbocycles. The Balaban J connectivity index is 0.00000261. The standard InChI is InChI=1S/C18H30N8.HI/c1-3-19-18(21-14-15-10-12-22-25(15)2)20-11-7-9-17-24-23-16-8-5-4-6-13-26(16)17;/h10,12H,3-9,11,13-14H2,1-2H3,(H2,19,20,21);1H. The van der Waals surface area contributed by atoms with Gasteiger partial charge in [-0.1, -0.05) is 6.42 Å². The van der Waals surface area contributed by atoms with Gasteiger partial charge in [-0.2, -0.15) is 5.10 Å². The number of hydrogen-bond acceptors (Lipinski definition) is 4. The molecule has 0 bridgehead atoms. The predicted molar refractivity (Wildman–Crippen MR) is 117 cm³/mol. The van der Waals surface area contributed by atoms with Crippen LogP contribution in [0, 0.1) is 0 Å². The molecule has 0 atom stereocenters. The van der Waals surface area contributed by atoms with E-state index in [0.29, 0.717) is 6.54 Å². The quantitative estimate of drug-likeness (QED) is 0.271. The van der Waals surface area contributed by atoms with Gasteiger partial charge in [0.1, 0.15) is 11.6 Å². The van der Waals surface area contributed by atoms with E-state index in [9.17, 15) is 0 Å². The molecule has 3 heterocycles. The molecule has 0 spiro atoms. The maximum atomic E-state index is 4.63. The number of halogens is 1. The molecule has 0 aliphatic carbocycles. The number of hydrogen-bond donors (Lipinski definition) is 2. The Bertz CT molecular complexity index is 721. The van der Waals surface area contributed by atoms with Crippen LogP contribution in [0.4, 0.5) is 0 Å². The van der Waals surface area contributed by atoms with E-state index in [1.165, 1.54) is 19.3 Å². The highest BCUT2D eigenvalue weighted by Crippen LogP contribution is 2.15. The largest absolute Gasteiger partial charge is 0.357 e. The van der Waals surface area contributed by atoms with Crippen molar-refractivity contribution in [2.75, 3.05) is 13.1 Å². The van der Waals surface area contributed by atoms with Crippen molar-refractivity contribution in [2.45, 2.75) is 58.5 Å². The summed E-state index contributed by atoms with van der Waals surface area (Å²) in [4.78, 5) is 4.63. The van der Waals surface area contributed by atoms with E-state index in [2.05, 4.69) is 42.4 Å². The second kappa shape index (κ2) is 11.3. The number of rotatable bonds is 7. The third-order valence-corrected chi connectivity index (χ3v) is 4.72. The van der Waals surface area contributed by atoms with Gasteiger partial charge in [0, 0.05) is 45.7 Å². The highest BCUT2D eigenvalue weighted by Gasteiger charge is 2.14. The van der Waals surface area contributed by atoms with Gasteiger partial charge in [-0.05, 0) is 32.3 Å². The van der Waals surface area contributed by atoms with Gasteiger partial charge in [0.05, 0.1) is 12.2 Å². The number of guanidine groups is 1. The van der Waals surface area contributed by atoms with Crippen LogP contribution in [0.15, 0.2) is 17.3 Å². The molecule has 2 aromatic heterocycles. The number of aliphatic imine (C=N–C) groups is 1. The Hall–Kier alpha value is -1.65. The van der Waals surface area contributed by atoms with Gasteiger partial charge in [0.25, 0.3) is 0 Å². The molecule has 0 fully saturated rings. The second-order valence-electron chi connectivity index (χ2n) is 6.67. The van der Waals surface area contributed by atoms with Crippen molar-refractivity contribution in [1.82, 2.24) is 35.2 Å². The Morgan fingerprint density at radius 2 is 2.11 bits per heavy atom. The first-order valence-electron chi connectivity index (χ1n) is 9.68. The van der Waals surface area contributed by atoms with Crippen LogP contribution in [0.2, 0.25) is 0 Å². The lowest BCUT2D eigenvalue weighted by atomic mass is 10.2. The summed E-state index contributed by atoms with van der Waals surface area (Å²) >= 11 is 0. The molecule has 1 aliphatic heterocycles. The van der Waals surface area contributed by atoms with Crippen molar-refractivity contribution in [1.29, 1.82) is 0 Å². The molecule has 0 unspecified atom stereocenters. The van der Waals surface area contributed by atoms with E-state index in [1.807, 2.05) is 17.8 Å². The van der Waals surface area contributed by atoms with E-state index < -0.39 is 0 Å². The predicted octanol–water partition coefficient (Wildman–Crippen LogP) is 2.04. The number of aromatic nitrogens is 5. The molecule has 3 rings (SSSR count). The molecule has 0 saturated heterocycles. The van der Waals surface area contributed by atoms with E-state index in [0.717, 1.165) is 62.2 Å². The van der Waals surface area contributed by atoms with Crippen LogP contribution in [0.3, 0.4) is 0 Å². The molecule has 27 heavy (non-hydrogen) atoms. The highest BCUT2D eigenvalue weighted by atomic mass is 127. The fourth-order valence-corrected chi connectivity index (χ4v) is 3.24. The normalized spacial score (nSPS) is 14.2. The number of fused-ring (bicyclic) bond motifs is 1. The Morgan fingerprint density at radius 1 is 1.22 bits per heavy atom. The number of nitrogens with zero attached hydrogens (tertiary/aromatic N) is 6. The van der Waals surface area contributed by atoms with Crippen molar-refractivity contribution < 1.29 is 0 Å². The molecular formula is C18H31IN8. The first-order chi connectivity index (χ1) is 12.8. The van der Waals surface area contributed by atoms with Crippen LogP contribution in [0.25, 0.3) is 0 Å². The summed E-state index contributed by atoms with van der Waals surface area (Å²) in [5.74, 6) is 3.13. The lowest BCUT2D eigenvalue weighted by Gasteiger charge is -2.11. The van der Waals surface area contributed by atoms with Gasteiger partial charge in [-0.25, -0.2) is 4.99 Å². The van der Waals surface area contributed by atoms with Crippen LogP contribution in [-0.4, -0.2) is 43.6 Å². The van der Waals surface area contributed by atoms with Crippen molar-refractivity contribution >= 4 is 29.9 Å². The summed E-state index contributed by atoms with van der Waals surface area (Å²) in [7, 11) is 1.94. The third kappa shape index (κ3) is 6.18. The van der Waals surface area contributed by atoms with E-state index in [1.54, 1.807) is 6.20 Å². The van der Waals surface area contributed by atoms with E-state index in [-0.39, 0.29) is 24.0 Å². The zero-order chi connectivity index (χ0) is 18.2. The van der Waals surface area contributed by atoms with Gasteiger partial charge >= 0.3 is 0 Å². The van der Waals surface area contributed by atoms with Crippen LogP contribution in [0.1, 0.15) is 49.9 Å². The van der Waals surface area contributed by atoms with Crippen LogP contribution in [-0.2, 0) is 33.0 Å². The van der Waals surface area contributed by atoms with Gasteiger partial charge in [0.15, 0.2) is 5.96 Å². The second-order valence-corrected chi connectivity index (χ2v) is 6.67. The van der Waals surface area contributed by atoms with Gasteiger partial charge in [0.2, 0.25) is 0 Å². The zero-order valence-electron chi connectivity index (χ0n) is 16.3. The monoisotopic (exact) mass is 486 g/mol. The summed E-state index contributed by atoms with van der Waals surface area (Å²) < 4.78 is 4.18. The fourth-order valence-electron chi connectivity index (χ4n) is 3.24. The Labute approximate surface area is 178 Å². The van der Waals surface area contributed by atoms with Crippen LogP contribution < -0.4 is 10.6 Å². The first-order valence-corrected chi connectivity index (χ1v) is 9.68. The summed E-state index contributed by atoms with van der Waals surface area (Å²) in [6.45, 7) is 5.46. The summed E-state index contributed by atoms with van der Waals surface area (Å²) in [5.41, 5.74) is 1.09.